The number of hydrogen-bond donors (Lipinski definition) is 0. The zero-order valence-corrected chi connectivity index (χ0v) is 3.13. The molecule has 1 radical (unpaired) electrons. The van der Waals surface area contributed by atoms with Crippen molar-refractivity contribution in [3.8, 4) is 0 Å². The van der Waals surface area contributed by atoms with Crippen molar-refractivity contribution in [3.63, 3.8) is 0 Å². The minimum absolute atomic E-state index is 1.05. The lowest BCUT2D eigenvalue weighted by Gasteiger charge is -1.50. The van der Waals surface area contributed by atoms with Gasteiger partial charge in [-0.05, 0) is 6.26 Å². The van der Waals surface area contributed by atoms with Gasteiger partial charge < -0.3 is 0 Å². The molecule has 0 heterocycles. The Bertz CT molecular complexity index is 20.0. The van der Waals surface area contributed by atoms with Crippen LogP contribution in [0.1, 0.15) is 0 Å². The molecule has 0 fully saturated rings. The molecule has 1 nitrogen and oxygen atoms in total. The highest BCUT2D eigenvalue weighted by atomic mass is 32.2. The van der Waals surface area contributed by atoms with E-state index in [1.165, 1.54) is 0 Å². The molecule has 0 rings (SSSR count). The monoisotopic (exact) mass is 75.0 g/mol. The molecule has 0 aromatic carbocycles. The molecule has 0 atom stereocenters. The van der Waals surface area contributed by atoms with Crippen LogP contribution in [-0.4, -0.2) is 11.9 Å². The highest BCUT2D eigenvalue weighted by Gasteiger charge is 1.55. The summed E-state index contributed by atoms with van der Waals surface area (Å²) in [4.78, 5) is 9.01. The van der Waals surface area contributed by atoms with Gasteiger partial charge in [0.25, 0.3) is 5.62 Å². The smallest absolute Gasteiger partial charge is 0.265 e. The molecular formula is C2H3OS. The minimum atomic E-state index is 1.05. The lowest BCUT2D eigenvalue weighted by atomic mass is 11.8. The SMILES string of the molecule is CS[C]=O. The first-order chi connectivity index (χ1) is 1.91. The zero-order chi connectivity index (χ0) is 3.41. The molecule has 0 aromatic heterocycles. The molecule has 23 valence electrons. The maximum Gasteiger partial charge on any atom is 0.265 e. The van der Waals surface area contributed by atoms with Gasteiger partial charge in [-0.1, -0.05) is 11.8 Å². The van der Waals surface area contributed by atoms with Crippen molar-refractivity contribution in [2.75, 3.05) is 6.26 Å². The quantitative estimate of drug-likeness (QED) is 0.449. The molecule has 0 aliphatic carbocycles. The highest BCUT2D eigenvalue weighted by Crippen LogP contribution is 1.74. The summed E-state index contributed by atoms with van der Waals surface area (Å²) in [7, 11) is 0. The van der Waals surface area contributed by atoms with Crippen LogP contribution >= 0.6 is 11.8 Å². The van der Waals surface area contributed by atoms with Crippen LogP contribution in [0.4, 0.5) is 0 Å². The van der Waals surface area contributed by atoms with E-state index in [1.807, 2.05) is 0 Å². The first kappa shape index (κ1) is 4.02. The zero-order valence-electron chi connectivity index (χ0n) is 2.32. The molecule has 0 amide bonds. The summed E-state index contributed by atoms with van der Waals surface area (Å²) in [6.45, 7) is 0. The molecule has 0 bridgehead atoms. The normalized spacial score (nSPS) is 6.25. The molecule has 0 saturated heterocycles. The van der Waals surface area contributed by atoms with Crippen molar-refractivity contribution < 1.29 is 4.79 Å². The van der Waals surface area contributed by atoms with Gasteiger partial charge in [-0.3, -0.25) is 4.79 Å². The van der Waals surface area contributed by atoms with Gasteiger partial charge in [-0.2, -0.15) is 0 Å². The summed E-state index contributed by atoms with van der Waals surface area (Å²) in [5.41, 5.74) is 1.60. The van der Waals surface area contributed by atoms with Crippen molar-refractivity contribution in [2.45, 2.75) is 0 Å². The molecular weight excluding hydrogens is 72.1 g/mol. The lowest BCUT2D eigenvalue weighted by molar-refractivity contribution is 0.570. The van der Waals surface area contributed by atoms with Crippen molar-refractivity contribution in [1.29, 1.82) is 0 Å². The fraction of sp³-hybridized carbons (Fsp3) is 0.500. The summed E-state index contributed by atoms with van der Waals surface area (Å²) in [6, 6.07) is 0. The Morgan fingerprint density at radius 3 is 2.25 bits per heavy atom. The Kier molecular flexibility index (Phi) is 3.04. The second-order valence-electron chi connectivity index (χ2n) is 0.287. The Labute approximate surface area is 29.4 Å². The topological polar surface area (TPSA) is 17.1 Å². The van der Waals surface area contributed by atoms with E-state index in [9.17, 15) is 0 Å². The molecule has 2 heteroatoms. The number of hydrogen-bond acceptors (Lipinski definition) is 2. The highest BCUT2D eigenvalue weighted by molar-refractivity contribution is 8.11. The Morgan fingerprint density at radius 1 is 2.00 bits per heavy atom. The molecule has 0 aromatic rings. The van der Waals surface area contributed by atoms with E-state index in [0.29, 0.717) is 0 Å². The molecule has 0 saturated carbocycles. The van der Waals surface area contributed by atoms with Crippen LogP contribution < -0.4 is 0 Å². The van der Waals surface area contributed by atoms with Gasteiger partial charge >= 0.3 is 0 Å². The average Bonchev–Trinajstić information content (AvgIpc) is 1.37. The van der Waals surface area contributed by atoms with E-state index < -0.39 is 0 Å². The van der Waals surface area contributed by atoms with Crippen molar-refractivity contribution in [3.05, 3.63) is 0 Å². The van der Waals surface area contributed by atoms with E-state index >= 15 is 0 Å². The maximum absolute atomic E-state index is 9.01. The maximum atomic E-state index is 9.01. The summed E-state index contributed by atoms with van der Waals surface area (Å²) in [5, 5.41) is 0. The third-order valence-electron chi connectivity index (χ3n) is 0.0833. The summed E-state index contributed by atoms with van der Waals surface area (Å²) < 4.78 is 0. The minimum Gasteiger partial charge on any atom is -0.277 e. The largest absolute Gasteiger partial charge is 0.277 e. The molecule has 0 aliphatic heterocycles. The van der Waals surface area contributed by atoms with Gasteiger partial charge in [0.2, 0.25) is 0 Å². The standard InChI is InChI=1S/C2H3OS/c1-4-2-3/h1H3. The number of rotatable bonds is 1. The van der Waals surface area contributed by atoms with Crippen LogP contribution in [-0.2, 0) is 4.79 Å². The van der Waals surface area contributed by atoms with Gasteiger partial charge in [0.05, 0.1) is 0 Å². The van der Waals surface area contributed by atoms with Gasteiger partial charge in [-0.25, -0.2) is 0 Å². The van der Waals surface area contributed by atoms with Crippen LogP contribution in [0.15, 0.2) is 0 Å². The lowest BCUT2D eigenvalue weighted by Crippen LogP contribution is -1.44. The van der Waals surface area contributed by atoms with Crippen molar-refractivity contribution in [1.82, 2.24) is 0 Å². The predicted molar refractivity (Wildman–Crippen MR) is 19.2 cm³/mol. The second kappa shape index (κ2) is 3.02. The number of thioether (sulfide) groups is 1. The molecule has 4 heavy (non-hydrogen) atoms. The fourth-order valence-electron chi connectivity index (χ4n) is 0. The van der Waals surface area contributed by atoms with Crippen molar-refractivity contribution >= 4 is 17.4 Å². The third-order valence-corrected chi connectivity index (χ3v) is 0.250. The van der Waals surface area contributed by atoms with E-state index in [-0.39, 0.29) is 0 Å². The third kappa shape index (κ3) is 2.02. The average molecular weight is 75.1 g/mol. The molecule has 0 aliphatic rings. The van der Waals surface area contributed by atoms with Crippen molar-refractivity contribution in [2.24, 2.45) is 0 Å². The summed E-state index contributed by atoms with van der Waals surface area (Å²) in [5.74, 6) is 0. The van der Waals surface area contributed by atoms with Crippen LogP contribution in [0, 0.1) is 0 Å². The Hall–Kier alpha value is 0.0200. The van der Waals surface area contributed by atoms with E-state index in [1.54, 1.807) is 11.9 Å². The Morgan fingerprint density at radius 2 is 2.25 bits per heavy atom. The second-order valence-corrected chi connectivity index (χ2v) is 0.862. The molecule has 0 N–H and O–H groups in total. The first-order valence-corrected chi connectivity index (χ1v) is 2.04. The summed E-state index contributed by atoms with van der Waals surface area (Å²) >= 11 is 1.05. The van der Waals surface area contributed by atoms with Gasteiger partial charge in [0, 0.05) is 0 Å². The van der Waals surface area contributed by atoms with Crippen LogP contribution in [0.2, 0.25) is 0 Å². The van der Waals surface area contributed by atoms with E-state index in [0.717, 1.165) is 11.8 Å². The van der Waals surface area contributed by atoms with Crippen LogP contribution in [0.3, 0.4) is 0 Å². The van der Waals surface area contributed by atoms with E-state index in [4.69, 9.17) is 4.79 Å². The summed E-state index contributed by atoms with van der Waals surface area (Å²) in [6.07, 6.45) is 1.67. The predicted octanol–water partition coefficient (Wildman–Crippen LogP) is 0.417. The van der Waals surface area contributed by atoms with Gasteiger partial charge in [0.15, 0.2) is 0 Å². The fourth-order valence-corrected chi connectivity index (χ4v) is 0. The van der Waals surface area contributed by atoms with E-state index in [2.05, 4.69) is 0 Å². The first-order valence-electron chi connectivity index (χ1n) is 0.816. The number of carbonyl (C=O) groups excluding carboxylic acids is 1. The van der Waals surface area contributed by atoms with Gasteiger partial charge in [-0.15, -0.1) is 0 Å². The Balaban J connectivity index is 2.30. The van der Waals surface area contributed by atoms with Crippen LogP contribution in [0.25, 0.3) is 0 Å². The molecule has 0 spiro atoms. The van der Waals surface area contributed by atoms with Crippen LogP contribution in [0.5, 0.6) is 0 Å². The molecule has 0 unspecified atom stereocenters. The van der Waals surface area contributed by atoms with Gasteiger partial charge in [0.1, 0.15) is 0 Å².